The van der Waals surface area contributed by atoms with E-state index in [0.29, 0.717) is 35.9 Å². The van der Waals surface area contributed by atoms with Gasteiger partial charge < -0.3 is 15.7 Å². The molecule has 8 heteroatoms. The maximum Gasteiger partial charge on any atom is 0.237 e. The SMILES string of the molecule is CC(C)(C)C[C@H]1N[C@@H](C(=O)CCCC2CCC(O)C2)[C@H](c2cccc(Cl)c2F)[C@@]12C(=O)Nc1cc(Cl)ccc12. The normalized spacial score (nSPS) is 30.1. The van der Waals surface area contributed by atoms with E-state index in [1.54, 1.807) is 24.3 Å². The Kier molecular flexibility index (Phi) is 7.88. The lowest BCUT2D eigenvalue weighted by Crippen LogP contribution is -2.49. The van der Waals surface area contributed by atoms with Crippen molar-refractivity contribution in [1.29, 1.82) is 0 Å². The molecule has 210 valence electrons. The molecule has 2 heterocycles. The Balaban J connectivity index is 1.59. The number of hydrogen-bond donors (Lipinski definition) is 3. The molecule has 3 N–H and O–H groups in total. The number of halogens is 3. The maximum atomic E-state index is 15.8. The van der Waals surface area contributed by atoms with Crippen molar-refractivity contribution < 1.29 is 19.1 Å². The van der Waals surface area contributed by atoms with Gasteiger partial charge in [-0.25, -0.2) is 4.39 Å². The largest absolute Gasteiger partial charge is 0.393 e. The van der Waals surface area contributed by atoms with Crippen LogP contribution in [0.5, 0.6) is 0 Å². The summed E-state index contributed by atoms with van der Waals surface area (Å²) >= 11 is 12.6. The van der Waals surface area contributed by atoms with E-state index in [1.165, 1.54) is 6.07 Å². The smallest absolute Gasteiger partial charge is 0.237 e. The minimum Gasteiger partial charge on any atom is -0.393 e. The van der Waals surface area contributed by atoms with Crippen molar-refractivity contribution in [3.05, 3.63) is 63.4 Å². The van der Waals surface area contributed by atoms with Gasteiger partial charge in [-0.2, -0.15) is 0 Å². The van der Waals surface area contributed by atoms with Crippen LogP contribution in [-0.2, 0) is 15.0 Å². The first-order chi connectivity index (χ1) is 18.4. The molecule has 1 saturated heterocycles. The van der Waals surface area contributed by atoms with E-state index in [0.717, 1.165) is 31.2 Å². The summed E-state index contributed by atoms with van der Waals surface area (Å²) in [6.45, 7) is 6.29. The van der Waals surface area contributed by atoms with Gasteiger partial charge in [0.25, 0.3) is 0 Å². The van der Waals surface area contributed by atoms with Crippen molar-refractivity contribution in [2.75, 3.05) is 5.32 Å². The molecule has 0 bridgehead atoms. The van der Waals surface area contributed by atoms with Crippen LogP contribution in [0.25, 0.3) is 0 Å². The predicted molar refractivity (Wildman–Crippen MR) is 153 cm³/mol. The summed E-state index contributed by atoms with van der Waals surface area (Å²) in [5.41, 5.74) is 0.168. The number of aliphatic hydroxyl groups is 1. The summed E-state index contributed by atoms with van der Waals surface area (Å²) in [5, 5.41) is 16.9. The summed E-state index contributed by atoms with van der Waals surface area (Å²) in [6.07, 6.45) is 4.78. The van der Waals surface area contributed by atoms with E-state index in [9.17, 15) is 14.7 Å². The first kappa shape index (κ1) is 28.5. The average Bonchev–Trinajstić information content (AvgIpc) is 3.49. The van der Waals surface area contributed by atoms with Crippen LogP contribution in [0.2, 0.25) is 10.0 Å². The van der Waals surface area contributed by atoms with E-state index >= 15 is 4.39 Å². The Morgan fingerprint density at radius 1 is 1.18 bits per heavy atom. The monoisotopic (exact) mass is 574 g/mol. The summed E-state index contributed by atoms with van der Waals surface area (Å²) in [4.78, 5) is 28.1. The number of nitrogens with one attached hydrogen (secondary N) is 2. The number of carbonyl (C=O) groups is 2. The lowest BCUT2D eigenvalue weighted by molar-refractivity contribution is -0.122. The zero-order chi connectivity index (χ0) is 28.1. The molecular weight excluding hydrogens is 538 g/mol. The van der Waals surface area contributed by atoms with E-state index in [2.05, 4.69) is 31.4 Å². The van der Waals surface area contributed by atoms with E-state index in [1.807, 2.05) is 6.07 Å². The van der Waals surface area contributed by atoms with Crippen LogP contribution < -0.4 is 10.6 Å². The Hall–Kier alpha value is -1.99. The number of carbonyl (C=O) groups excluding carboxylic acids is 2. The first-order valence-electron chi connectivity index (χ1n) is 13.9. The summed E-state index contributed by atoms with van der Waals surface area (Å²) < 4.78 is 15.8. The molecule has 2 fully saturated rings. The molecule has 2 aromatic rings. The van der Waals surface area contributed by atoms with Crippen LogP contribution in [0.4, 0.5) is 10.1 Å². The lowest BCUT2D eigenvalue weighted by Gasteiger charge is -2.37. The number of rotatable bonds is 7. The van der Waals surface area contributed by atoms with Crippen LogP contribution in [0.15, 0.2) is 36.4 Å². The number of hydrogen-bond acceptors (Lipinski definition) is 4. The second-order valence-corrected chi connectivity index (χ2v) is 13.6. The number of fused-ring (bicyclic) bond motifs is 2. The van der Waals surface area contributed by atoms with E-state index in [-0.39, 0.29) is 33.8 Å². The summed E-state index contributed by atoms with van der Waals surface area (Å²) in [5.74, 6) is -1.28. The van der Waals surface area contributed by atoms with Gasteiger partial charge in [-0.3, -0.25) is 9.59 Å². The molecule has 39 heavy (non-hydrogen) atoms. The molecule has 1 aliphatic carbocycles. The fourth-order valence-electron chi connectivity index (χ4n) is 7.24. The number of aliphatic hydroxyl groups excluding tert-OH is 1. The Labute approximate surface area is 239 Å². The number of benzene rings is 2. The molecule has 2 aromatic carbocycles. The molecule has 5 nitrogen and oxygen atoms in total. The van der Waals surface area contributed by atoms with Crippen molar-refractivity contribution in [2.24, 2.45) is 11.3 Å². The number of amides is 1. The maximum absolute atomic E-state index is 15.8. The highest BCUT2D eigenvalue weighted by atomic mass is 35.5. The van der Waals surface area contributed by atoms with Crippen LogP contribution in [0, 0.1) is 17.2 Å². The fraction of sp³-hybridized carbons (Fsp3) is 0.548. The zero-order valence-corrected chi connectivity index (χ0v) is 24.2. The third-order valence-corrected chi connectivity index (χ3v) is 9.36. The number of anilines is 1. The molecule has 2 aliphatic heterocycles. The molecule has 1 spiro atoms. The van der Waals surface area contributed by atoms with Gasteiger partial charge in [0.2, 0.25) is 5.91 Å². The molecule has 6 atom stereocenters. The van der Waals surface area contributed by atoms with Crippen LogP contribution >= 0.6 is 23.2 Å². The minimum atomic E-state index is -1.23. The van der Waals surface area contributed by atoms with Crippen LogP contribution in [0.3, 0.4) is 0 Å². The molecular formula is C31H37Cl2FN2O3. The van der Waals surface area contributed by atoms with Gasteiger partial charge >= 0.3 is 0 Å². The fourth-order valence-corrected chi connectivity index (χ4v) is 7.59. The Morgan fingerprint density at radius 2 is 1.95 bits per heavy atom. The highest BCUT2D eigenvalue weighted by molar-refractivity contribution is 6.31. The zero-order valence-electron chi connectivity index (χ0n) is 22.7. The van der Waals surface area contributed by atoms with Crippen molar-refractivity contribution >= 4 is 40.6 Å². The van der Waals surface area contributed by atoms with Crippen LogP contribution in [0.1, 0.15) is 82.8 Å². The number of ketones is 1. The highest BCUT2D eigenvalue weighted by Gasteiger charge is 2.65. The van der Waals surface area contributed by atoms with Gasteiger partial charge in [0, 0.05) is 29.1 Å². The van der Waals surface area contributed by atoms with Gasteiger partial charge in [-0.15, -0.1) is 0 Å². The van der Waals surface area contributed by atoms with Crippen molar-refractivity contribution in [3.8, 4) is 0 Å². The van der Waals surface area contributed by atoms with E-state index in [4.69, 9.17) is 23.2 Å². The van der Waals surface area contributed by atoms with Crippen molar-refractivity contribution in [1.82, 2.24) is 5.32 Å². The van der Waals surface area contributed by atoms with E-state index < -0.39 is 29.2 Å². The van der Waals surface area contributed by atoms with Crippen molar-refractivity contribution in [2.45, 2.75) is 95.2 Å². The highest BCUT2D eigenvalue weighted by Crippen LogP contribution is 2.57. The first-order valence-corrected chi connectivity index (χ1v) is 14.7. The molecule has 3 aliphatic rings. The molecule has 1 saturated carbocycles. The second kappa shape index (κ2) is 10.8. The predicted octanol–water partition coefficient (Wildman–Crippen LogP) is 6.78. The van der Waals surface area contributed by atoms with Gasteiger partial charge in [0.1, 0.15) is 17.0 Å². The number of Topliss-reactive ketones (excluding diaryl/α,β-unsaturated/α-hetero) is 1. The summed E-state index contributed by atoms with van der Waals surface area (Å²) in [6, 6.07) is 8.90. The van der Waals surface area contributed by atoms with Gasteiger partial charge in [-0.05, 0) is 79.2 Å². The standard InChI is InChI=1S/C31H37Cl2FN2O3/c1-30(2,3)16-25-31(21-13-11-18(32)15-23(21)35-29(31)39)26(20-7-5-8-22(33)27(20)34)28(36-25)24(38)9-4-6-17-10-12-19(37)14-17/h5,7-8,11,13,15,17,19,25-26,28,36-37H,4,6,9-10,12,14,16H2,1-3H3,(H,35,39)/t17?,19?,25-,26+,28+,31+/m1/s1. The lowest BCUT2D eigenvalue weighted by atomic mass is 9.62. The quantitative estimate of drug-likeness (QED) is 0.340. The topological polar surface area (TPSA) is 78.4 Å². The third kappa shape index (κ3) is 5.26. The van der Waals surface area contributed by atoms with Crippen molar-refractivity contribution in [3.63, 3.8) is 0 Å². The third-order valence-electron chi connectivity index (χ3n) is 8.83. The van der Waals surface area contributed by atoms with Gasteiger partial charge in [-0.1, -0.05) is 62.2 Å². The molecule has 1 amide bonds. The van der Waals surface area contributed by atoms with Gasteiger partial charge in [0.05, 0.1) is 17.2 Å². The van der Waals surface area contributed by atoms with Gasteiger partial charge in [0.15, 0.2) is 0 Å². The second-order valence-electron chi connectivity index (χ2n) is 12.8. The average molecular weight is 576 g/mol. The Bertz CT molecular complexity index is 1280. The van der Waals surface area contributed by atoms with Crippen LogP contribution in [-0.4, -0.2) is 35.0 Å². The molecule has 5 rings (SSSR count). The molecule has 0 aromatic heterocycles. The Morgan fingerprint density at radius 3 is 2.64 bits per heavy atom. The minimum absolute atomic E-state index is 0.0380. The summed E-state index contributed by atoms with van der Waals surface area (Å²) in [7, 11) is 0. The molecule has 0 radical (unpaired) electrons. The molecule has 2 unspecified atom stereocenters.